The second-order valence-corrected chi connectivity index (χ2v) is 6.62. The molecule has 0 amide bonds. The van der Waals surface area contributed by atoms with Gasteiger partial charge in [0.25, 0.3) is 0 Å². The summed E-state index contributed by atoms with van der Waals surface area (Å²) in [6.45, 7) is 1.99. The normalized spacial score (nSPS) is 16.6. The van der Waals surface area contributed by atoms with Crippen molar-refractivity contribution in [3.05, 3.63) is 50.1 Å². The minimum Gasteiger partial charge on any atom is -0.301 e. The molecule has 1 N–H and O–H groups in total. The molecule has 1 aromatic carbocycles. The highest BCUT2D eigenvalue weighted by Crippen LogP contribution is 2.32. The van der Waals surface area contributed by atoms with Crippen LogP contribution < -0.4 is 5.32 Å². The first-order valence-corrected chi connectivity index (χ1v) is 7.94. The predicted molar refractivity (Wildman–Crippen MR) is 79.0 cm³/mol. The summed E-state index contributed by atoms with van der Waals surface area (Å²) < 4.78 is 13.9. The molecule has 1 saturated carbocycles. The lowest BCUT2D eigenvalue weighted by atomic mass is 10.1. The fraction of sp³-hybridized carbons (Fsp3) is 0.357. The van der Waals surface area contributed by atoms with E-state index in [-0.39, 0.29) is 11.9 Å². The van der Waals surface area contributed by atoms with Crippen molar-refractivity contribution >= 4 is 27.3 Å². The van der Waals surface area contributed by atoms with Gasteiger partial charge in [-0.3, -0.25) is 0 Å². The molecule has 1 atom stereocenters. The highest BCUT2D eigenvalue weighted by Gasteiger charge is 2.28. The van der Waals surface area contributed by atoms with E-state index in [0.29, 0.717) is 10.5 Å². The van der Waals surface area contributed by atoms with Gasteiger partial charge in [0.1, 0.15) is 10.8 Å². The molecule has 1 unspecified atom stereocenters. The molecule has 5 heteroatoms. The van der Waals surface area contributed by atoms with E-state index in [4.69, 9.17) is 0 Å². The average molecular weight is 341 g/mol. The Morgan fingerprint density at radius 2 is 2.26 bits per heavy atom. The van der Waals surface area contributed by atoms with Crippen molar-refractivity contribution < 1.29 is 4.39 Å². The molecule has 1 aliphatic carbocycles. The van der Waals surface area contributed by atoms with Crippen LogP contribution in [0.3, 0.4) is 0 Å². The Morgan fingerprint density at radius 3 is 2.84 bits per heavy atom. The molecule has 1 fully saturated rings. The van der Waals surface area contributed by atoms with Gasteiger partial charge in [0, 0.05) is 17.1 Å². The van der Waals surface area contributed by atoms with Crippen LogP contribution in [0.25, 0.3) is 0 Å². The topological polar surface area (TPSA) is 24.9 Å². The van der Waals surface area contributed by atoms with Crippen molar-refractivity contribution in [1.29, 1.82) is 0 Å². The van der Waals surface area contributed by atoms with Crippen LogP contribution in [-0.2, 0) is 0 Å². The van der Waals surface area contributed by atoms with Crippen molar-refractivity contribution in [2.75, 3.05) is 0 Å². The number of halogens is 2. The Balaban J connectivity index is 1.95. The maximum absolute atomic E-state index is 13.4. The molecule has 2 aromatic rings. The van der Waals surface area contributed by atoms with Crippen LogP contribution >= 0.6 is 27.3 Å². The number of rotatable bonds is 4. The van der Waals surface area contributed by atoms with E-state index in [1.165, 1.54) is 18.9 Å². The fourth-order valence-electron chi connectivity index (χ4n) is 1.99. The van der Waals surface area contributed by atoms with Gasteiger partial charge in [0.15, 0.2) is 0 Å². The minimum absolute atomic E-state index is 0.0584. The van der Waals surface area contributed by atoms with Crippen LogP contribution in [0.4, 0.5) is 4.39 Å². The van der Waals surface area contributed by atoms with E-state index in [1.807, 2.05) is 19.1 Å². The largest absolute Gasteiger partial charge is 0.301 e. The molecule has 0 bridgehead atoms. The third-order valence-electron chi connectivity index (χ3n) is 3.14. The van der Waals surface area contributed by atoms with Gasteiger partial charge in [-0.05, 0) is 53.4 Å². The molecule has 0 spiro atoms. The van der Waals surface area contributed by atoms with Crippen molar-refractivity contribution in [1.82, 2.24) is 10.3 Å². The van der Waals surface area contributed by atoms with E-state index >= 15 is 0 Å². The van der Waals surface area contributed by atoms with Crippen LogP contribution in [0.15, 0.2) is 28.1 Å². The van der Waals surface area contributed by atoms with Crippen LogP contribution in [0.2, 0.25) is 0 Å². The number of benzene rings is 1. The number of thiazole rings is 1. The Labute approximate surface area is 124 Å². The number of nitrogens with one attached hydrogen (secondary N) is 1. The molecule has 0 aliphatic heterocycles. The molecule has 0 saturated heterocycles. The lowest BCUT2D eigenvalue weighted by Crippen LogP contribution is -2.24. The van der Waals surface area contributed by atoms with Gasteiger partial charge in [-0.1, -0.05) is 6.07 Å². The molecular formula is C14H14BrFN2S. The average Bonchev–Trinajstić information content (AvgIpc) is 3.11. The van der Waals surface area contributed by atoms with Crippen LogP contribution in [0.5, 0.6) is 0 Å². The Kier molecular flexibility index (Phi) is 3.69. The standard InChI is InChI=1S/C14H14BrFN2S/c1-8-7-19-14(17-8)13(18-10-3-4-10)9-2-5-12(16)11(15)6-9/h2,5-7,10,13,18H,3-4H2,1H3. The van der Waals surface area contributed by atoms with Gasteiger partial charge in [0.2, 0.25) is 0 Å². The lowest BCUT2D eigenvalue weighted by Gasteiger charge is -2.17. The van der Waals surface area contributed by atoms with Crippen molar-refractivity contribution in [2.45, 2.75) is 31.8 Å². The van der Waals surface area contributed by atoms with E-state index in [2.05, 4.69) is 31.6 Å². The first-order chi connectivity index (χ1) is 9.13. The Morgan fingerprint density at radius 1 is 1.47 bits per heavy atom. The van der Waals surface area contributed by atoms with Gasteiger partial charge in [-0.2, -0.15) is 0 Å². The molecular weight excluding hydrogens is 327 g/mol. The molecule has 1 aromatic heterocycles. The molecule has 19 heavy (non-hydrogen) atoms. The molecule has 3 rings (SSSR count). The maximum Gasteiger partial charge on any atom is 0.137 e. The van der Waals surface area contributed by atoms with E-state index in [0.717, 1.165) is 16.3 Å². The predicted octanol–water partition coefficient (Wildman–Crippen LogP) is 4.19. The zero-order valence-electron chi connectivity index (χ0n) is 10.5. The molecule has 100 valence electrons. The Bertz CT molecular complexity index is 595. The summed E-state index contributed by atoms with van der Waals surface area (Å²) >= 11 is 4.90. The quantitative estimate of drug-likeness (QED) is 0.902. The zero-order valence-corrected chi connectivity index (χ0v) is 12.9. The van der Waals surface area contributed by atoms with Crippen molar-refractivity contribution in [3.63, 3.8) is 0 Å². The first kappa shape index (κ1) is 13.2. The fourth-order valence-corrected chi connectivity index (χ4v) is 3.27. The molecule has 1 heterocycles. The monoisotopic (exact) mass is 340 g/mol. The van der Waals surface area contributed by atoms with Gasteiger partial charge >= 0.3 is 0 Å². The van der Waals surface area contributed by atoms with Gasteiger partial charge < -0.3 is 5.32 Å². The summed E-state index contributed by atoms with van der Waals surface area (Å²) in [6.07, 6.45) is 2.42. The van der Waals surface area contributed by atoms with Crippen LogP contribution in [-0.4, -0.2) is 11.0 Å². The number of aryl methyl sites for hydroxylation is 1. The first-order valence-electron chi connectivity index (χ1n) is 6.26. The third-order valence-corrected chi connectivity index (χ3v) is 4.78. The molecule has 0 radical (unpaired) electrons. The molecule has 2 nitrogen and oxygen atoms in total. The Hall–Kier alpha value is -0.780. The number of aromatic nitrogens is 1. The van der Waals surface area contributed by atoms with Crippen LogP contribution in [0.1, 0.15) is 35.1 Å². The third kappa shape index (κ3) is 3.04. The van der Waals surface area contributed by atoms with E-state index in [1.54, 1.807) is 11.3 Å². The van der Waals surface area contributed by atoms with E-state index in [9.17, 15) is 4.39 Å². The summed E-state index contributed by atoms with van der Waals surface area (Å²) in [5.41, 5.74) is 2.08. The number of nitrogens with zero attached hydrogens (tertiary/aromatic N) is 1. The smallest absolute Gasteiger partial charge is 0.137 e. The SMILES string of the molecule is Cc1csc(C(NC2CC2)c2ccc(F)c(Br)c2)n1. The number of hydrogen-bond donors (Lipinski definition) is 1. The highest BCUT2D eigenvalue weighted by atomic mass is 79.9. The van der Waals surface area contributed by atoms with Gasteiger partial charge in [-0.15, -0.1) is 11.3 Å². The van der Waals surface area contributed by atoms with Crippen molar-refractivity contribution in [3.8, 4) is 0 Å². The van der Waals surface area contributed by atoms with Crippen LogP contribution in [0, 0.1) is 12.7 Å². The molecule has 1 aliphatic rings. The zero-order chi connectivity index (χ0) is 13.4. The summed E-state index contributed by atoms with van der Waals surface area (Å²) in [5, 5.41) is 6.68. The van der Waals surface area contributed by atoms with Crippen molar-refractivity contribution in [2.24, 2.45) is 0 Å². The highest BCUT2D eigenvalue weighted by molar-refractivity contribution is 9.10. The maximum atomic E-state index is 13.4. The summed E-state index contributed by atoms with van der Waals surface area (Å²) in [4.78, 5) is 4.57. The minimum atomic E-state index is -0.232. The van der Waals surface area contributed by atoms with Gasteiger partial charge in [-0.25, -0.2) is 9.37 Å². The summed E-state index contributed by atoms with van der Waals surface area (Å²) in [7, 11) is 0. The lowest BCUT2D eigenvalue weighted by molar-refractivity contribution is 0.589. The van der Waals surface area contributed by atoms with E-state index < -0.39 is 0 Å². The second-order valence-electron chi connectivity index (χ2n) is 4.87. The summed E-state index contributed by atoms with van der Waals surface area (Å²) in [5.74, 6) is -0.232. The van der Waals surface area contributed by atoms with Gasteiger partial charge in [0.05, 0.1) is 10.5 Å². The summed E-state index contributed by atoms with van der Waals surface area (Å²) in [6, 6.07) is 5.80. The second kappa shape index (κ2) is 5.31. The number of hydrogen-bond acceptors (Lipinski definition) is 3.